The zero-order valence-electron chi connectivity index (χ0n) is 9.54. The summed E-state index contributed by atoms with van der Waals surface area (Å²) in [6.45, 7) is 0. The van der Waals surface area contributed by atoms with E-state index < -0.39 is 11.9 Å². The number of hydrogen-bond donors (Lipinski definition) is 2. The van der Waals surface area contributed by atoms with E-state index in [9.17, 15) is 10.0 Å². The van der Waals surface area contributed by atoms with Crippen LogP contribution in [0.25, 0.3) is 11.3 Å². The molecule has 1 aromatic carbocycles. The number of anilines is 1. The predicted octanol–water partition coefficient (Wildman–Crippen LogP) is 1.55. The van der Waals surface area contributed by atoms with E-state index in [-0.39, 0.29) is 0 Å². The summed E-state index contributed by atoms with van der Waals surface area (Å²) >= 11 is 0. The van der Waals surface area contributed by atoms with E-state index in [2.05, 4.69) is 0 Å². The lowest BCUT2D eigenvalue weighted by Gasteiger charge is -2.27. The van der Waals surface area contributed by atoms with Gasteiger partial charge in [-0.15, -0.1) is 0 Å². The van der Waals surface area contributed by atoms with Crippen LogP contribution in [0.2, 0.25) is 0 Å². The van der Waals surface area contributed by atoms with Crippen molar-refractivity contribution < 1.29 is 14.4 Å². The summed E-state index contributed by atoms with van der Waals surface area (Å²) < 4.78 is 5.28. The molecule has 92 valence electrons. The molecule has 0 bridgehead atoms. The molecule has 0 saturated heterocycles. The molecule has 0 spiro atoms. The SMILES string of the molecule is NC1Cc2ccc(-c3ccco3)cc2N(O)C1=O. The first-order chi connectivity index (χ1) is 8.66. The Morgan fingerprint density at radius 1 is 1.39 bits per heavy atom. The van der Waals surface area contributed by atoms with E-state index in [0.717, 1.165) is 11.1 Å². The zero-order valence-corrected chi connectivity index (χ0v) is 9.54. The molecule has 2 aromatic rings. The molecule has 3 rings (SSSR count). The predicted molar refractivity (Wildman–Crippen MR) is 65.1 cm³/mol. The van der Waals surface area contributed by atoms with E-state index in [0.29, 0.717) is 22.9 Å². The minimum atomic E-state index is -0.683. The molecule has 2 heterocycles. The average Bonchev–Trinajstić information content (AvgIpc) is 2.90. The van der Waals surface area contributed by atoms with Crippen LogP contribution in [0.1, 0.15) is 5.56 Å². The smallest absolute Gasteiger partial charge is 0.267 e. The van der Waals surface area contributed by atoms with Gasteiger partial charge in [-0.2, -0.15) is 5.06 Å². The highest BCUT2D eigenvalue weighted by Gasteiger charge is 2.29. The number of carbonyl (C=O) groups is 1. The lowest BCUT2D eigenvalue weighted by atomic mass is 9.97. The Morgan fingerprint density at radius 2 is 2.22 bits per heavy atom. The van der Waals surface area contributed by atoms with Gasteiger partial charge in [0.2, 0.25) is 0 Å². The molecule has 1 atom stereocenters. The molecule has 1 aliphatic heterocycles. The quantitative estimate of drug-likeness (QED) is 0.746. The van der Waals surface area contributed by atoms with Crippen molar-refractivity contribution >= 4 is 11.6 Å². The Hall–Kier alpha value is -2.11. The van der Waals surface area contributed by atoms with Gasteiger partial charge < -0.3 is 10.2 Å². The van der Waals surface area contributed by atoms with Crippen molar-refractivity contribution in [3.63, 3.8) is 0 Å². The van der Waals surface area contributed by atoms with Gasteiger partial charge in [-0.05, 0) is 30.2 Å². The lowest BCUT2D eigenvalue weighted by Crippen LogP contribution is -2.47. The molecule has 0 aliphatic carbocycles. The number of hydroxylamine groups is 1. The van der Waals surface area contributed by atoms with Crippen LogP contribution in [0.5, 0.6) is 0 Å². The lowest BCUT2D eigenvalue weighted by molar-refractivity contribution is -0.125. The van der Waals surface area contributed by atoms with Gasteiger partial charge in [0, 0.05) is 5.56 Å². The highest BCUT2D eigenvalue weighted by atomic mass is 16.5. The third-order valence-corrected chi connectivity index (χ3v) is 3.08. The van der Waals surface area contributed by atoms with Crippen LogP contribution < -0.4 is 10.8 Å². The van der Waals surface area contributed by atoms with Gasteiger partial charge in [0.1, 0.15) is 5.76 Å². The van der Waals surface area contributed by atoms with Crippen molar-refractivity contribution in [2.45, 2.75) is 12.5 Å². The second-order valence-electron chi connectivity index (χ2n) is 4.28. The van der Waals surface area contributed by atoms with Crippen molar-refractivity contribution in [1.29, 1.82) is 0 Å². The monoisotopic (exact) mass is 244 g/mol. The molecule has 1 aliphatic rings. The van der Waals surface area contributed by atoms with Crippen LogP contribution >= 0.6 is 0 Å². The first-order valence-electron chi connectivity index (χ1n) is 5.62. The fraction of sp³-hybridized carbons (Fsp3) is 0.154. The second kappa shape index (κ2) is 3.97. The molecule has 5 heteroatoms. The summed E-state index contributed by atoms with van der Waals surface area (Å²) in [6, 6.07) is 8.37. The van der Waals surface area contributed by atoms with Gasteiger partial charge >= 0.3 is 0 Å². The number of nitrogens with two attached hydrogens (primary N) is 1. The van der Waals surface area contributed by atoms with E-state index >= 15 is 0 Å². The number of amides is 1. The zero-order chi connectivity index (χ0) is 12.7. The van der Waals surface area contributed by atoms with E-state index in [1.165, 1.54) is 0 Å². The largest absolute Gasteiger partial charge is 0.464 e. The first-order valence-corrected chi connectivity index (χ1v) is 5.62. The van der Waals surface area contributed by atoms with Crippen molar-refractivity contribution in [1.82, 2.24) is 0 Å². The van der Waals surface area contributed by atoms with Gasteiger partial charge in [-0.3, -0.25) is 10.0 Å². The van der Waals surface area contributed by atoms with Crippen molar-refractivity contribution in [3.8, 4) is 11.3 Å². The number of hydrogen-bond acceptors (Lipinski definition) is 4. The van der Waals surface area contributed by atoms with Gasteiger partial charge in [-0.1, -0.05) is 12.1 Å². The van der Waals surface area contributed by atoms with Crippen LogP contribution in [0.15, 0.2) is 41.0 Å². The summed E-state index contributed by atoms with van der Waals surface area (Å²) in [5.41, 5.74) is 7.77. The molecule has 18 heavy (non-hydrogen) atoms. The Labute approximate surface area is 103 Å². The van der Waals surface area contributed by atoms with Crippen LogP contribution in [-0.2, 0) is 11.2 Å². The van der Waals surface area contributed by atoms with Crippen molar-refractivity contribution in [3.05, 3.63) is 42.2 Å². The minimum Gasteiger partial charge on any atom is -0.464 e. The highest BCUT2D eigenvalue weighted by Crippen LogP contribution is 2.31. The summed E-state index contributed by atoms with van der Waals surface area (Å²) in [5.74, 6) is 0.201. The number of nitrogens with zero attached hydrogens (tertiary/aromatic N) is 1. The van der Waals surface area contributed by atoms with Gasteiger partial charge in [0.25, 0.3) is 5.91 Å². The second-order valence-corrected chi connectivity index (χ2v) is 4.28. The van der Waals surface area contributed by atoms with Gasteiger partial charge in [0.05, 0.1) is 18.0 Å². The average molecular weight is 244 g/mol. The summed E-state index contributed by atoms with van der Waals surface area (Å²) in [5, 5.41) is 10.4. The minimum absolute atomic E-state index is 0.434. The fourth-order valence-electron chi connectivity index (χ4n) is 2.13. The molecule has 0 fully saturated rings. The summed E-state index contributed by atoms with van der Waals surface area (Å²) in [7, 11) is 0. The first kappa shape index (κ1) is 11.0. The van der Waals surface area contributed by atoms with Crippen LogP contribution in [0, 0.1) is 0 Å². The standard InChI is InChI=1S/C13H12N2O3/c14-10-6-8-3-4-9(12-2-1-5-18-12)7-11(8)15(17)13(10)16/h1-5,7,10,17H,6,14H2. The molecular weight excluding hydrogens is 232 g/mol. The Bertz CT molecular complexity index is 592. The van der Waals surface area contributed by atoms with E-state index in [4.69, 9.17) is 10.2 Å². The van der Waals surface area contributed by atoms with Gasteiger partial charge in [0.15, 0.2) is 0 Å². The Kier molecular flexibility index (Phi) is 2.43. The Balaban J connectivity index is 2.08. The fourth-order valence-corrected chi connectivity index (χ4v) is 2.13. The third kappa shape index (κ3) is 1.61. The van der Waals surface area contributed by atoms with Crippen LogP contribution in [0.3, 0.4) is 0 Å². The van der Waals surface area contributed by atoms with E-state index in [1.54, 1.807) is 18.4 Å². The number of benzene rings is 1. The molecule has 3 N–H and O–H groups in total. The molecule has 0 radical (unpaired) electrons. The maximum Gasteiger partial charge on any atom is 0.267 e. The molecule has 1 aromatic heterocycles. The molecular formula is C13H12N2O3. The molecule has 1 amide bonds. The third-order valence-electron chi connectivity index (χ3n) is 3.08. The molecule has 1 unspecified atom stereocenters. The van der Waals surface area contributed by atoms with Crippen LogP contribution in [-0.4, -0.2) is 17.2 Å². The summed E-state index contributed by atoms with van der Waals surface area (Å²) in [6.07, 6.45) is 2.01. The Morgan fingerprint density at radius 3 is 2.94 bits per heavy atom. The number of carbonyl (C=O) groups excluding carboxylic acids is 1. The normalized spacial score (nSPS) is 18.9. The molecule has 0 saturated carbocycles. The maximum atomic E-state index is 11.6. The number of fused-ring (bicyclic) bond motifs is 1. The van der Waals surface area contributed by atoms with Crippen molar-refractivity contribution in [2.24, 2.45) is 5.73 Å². The molecule has 5 nitrogen and oxygen atoms in total. The van der Waals surface area contributed by atoms with Gasteiger partial charge in [-0.25, -0.2) is 0 Å². The number of furan rings is 1. The number of rotatable bonds is 1. The highest BCUT2D eigenvalue weighted by molar-refractivity contribution is 5.98. The summed E-state index contributed by atoms with van der Waals surface area (Å²) in [4.78, 5) is 11.6. The van der Waals surface area contributed by atoms with Crippen molar-refractivity contribution in [2.75, 3.05) is 5.06 Å². The topological polar surface area (TPSA) is 79.7 Å². The maximum absolute atomic E-state index is 11.6. The van der Waals surface area contributed by atoms with E-state index in [1.807, 2.05) is 18.2 Å². The van der Waals surface area contributed by atoms with Crippen LogP contribution in [0.4, 0.5) is 5.69 Å².